The standard InChI is InChI=1S/C16H11NO3/c18-15-8-6-13(16(19)20)10-17(15)14-7-5-11-3-1-2-4-12(11)9-14/h1-10H,(H,19,20). The number of nitrogens with zero attached hydrogens (tertiary/aromatic N) is 1. The van der Waals surface area contributed by atoms with Crippen LogP contribution in [0.25, 0.3) is 16.5 Å². The van der Waals surface area contributed by atoms with Crippen LogP contribution in [0.4, 0.5) is 0 Å². The van der Waals surface area contributed by atoms with E-state index >= 15 is 0 Å². The smallest absolute Gasteiger partial charge is 0.337 e. The molecule has 0 spiro atoms. The average molecular weight is 265 g/mol. The zero-order valence-corrected chi connectivity index (χ0v) is 10.5. The molecular formula is C16H11NO3. The SMILES string of the molecule is O=C(O)c1ccc(=O)n(-c2ccc3ccccc3c2)c1. The number of rotatable bonds is 2. The van der Waals surface area contributed by atoms with Gasteiger partial charge in [-0.1, -0.05) is 30.3 Å². The number of carbonyl (C=O) groups is 1. The lowest BCUT2D eigenvalue weighted by Gasteiger charge is -2.08. The van der Waals surface area contributed by atoms with E-state index < -0.39 is 5.97 Å². The predicted octanol–water partition coefficient (Wildman–Crippen LogP) is 2.69. The maximum absolute atomic E-state index is 11.9. The van der Waals surface area contributed by atoms with Crippen molar-refractivity contribution in [2.45, 2.75) is 0 Å². The number of carboxylic acids is 1. The maximum Gasteiger partial charge on any atom is 0.337 e. The van der Waals surface area contributed by atoms with Crippen LogP contribution in [0.3, 0.4) is 0 Å². The fourth-order valence-corrected chi connectivity index (χ4v) is 2.14. The number of aromatic nitrogens is 1. The summed E-state index contributed by atoms with van der Waals surface area (Å²) in [6.07, 6.45) is 1.34. The van der Waals surface area contributed by atoms with Crippen LogP contribution in [-0.2, 0) is 0 Å². The van der Waals surface area contributed by atoms with Crippen LogP contribution < -0.4 is 5.56 Å². The highest BCUT2D eigenvalue weighted by Crippen LogP contribution is 2.17. The van der Waals surface area contributed by atoms with Crippen molar-refractivity contribution in [2.24, 2.45) is 0 Å². The molecule has 0 atom stereocenters. The van der Waals surface area contributed by atoms with Crippen LogP contribution in [0.2, 0.25) is 0 Å². The van der Waals surface area contributed by atoms with Gasteiger partial charge in [-0.15, -0.1) is 0 Å². The van der Waals surface area contributed by atoms with Crippen molar-refractivity contribution >= 4 is 16.7 Å². The minimum Gasteiger partial charge on any atom is -0.478 e. The lowest BCUT2D eigenvalue weighted by molar-refractivity contribution is 0.0696. The van der Waals surface area contributed by atoms with Gasteiger partial charge in [0.05, 0.1) is 5.56 Å². The highest BCUT2D eigenvalue weighted by molar-refractivity contribution is 5.87. The topological polar surface area (TPSA) is 59.3 Å². The van der Waals surface area contributed by atoms with Crippen molar-refractivity contribution in [3.05, 3.63) is 76.7 Å². The van der Waals surface area contributed by atoms with Gasteiger partial charge >= 0.3 is 5.97 Å². The van der Waals surface area contributed by atoms with Crippen molar-refractivity contribution in [1.82, 2.24) is 4.57 Å². The second kappa shape index (κ2) is 4.66. The molecule has 0 bridgehead atoms. The fraction of sp³-hybridized carbons (Fsp3) is 0. The molecule has 0 radical (unpaired) electrons. The van der Waals surface area contributed by atoms with Gasteiger partial charge in [-0.3, -0.25) is 9.36 Å². The van der Waals surface area contributed by atoms with Gasteiger partial charge in [0.25, 0.3) is 5.56 Å². The van der Waals surface area contributed by atoms with Gasteiger partial charge in [0.1, 0.15) is 0 Å². The Bertz CT molecular complexity index is 865. The van der Waals surface area contributed by atoms with Crippen molar-refractivity contribution in [3.8, 4) is 5.69 Å². The number of aromatic carboxylic acids is 1. The Morgan fingerprint density at radius 2 is 1.70 bits per heavy atom. The van der Waals surface area contributed by atoms with Gasteiger partial charge in [0.2, 0.25) is 0 Å². The Labute approximate surface area is 114 Å². The molecule has 1 N–H and O–H groups in total. The first-order valence-electron chi connectivity index (χ1n) is 6.10. The first-order valence-corrected chi connectivity index (χ1v) is 6.10. The zero-order chi connectivity index (χ0) is 14.1. The quantitative estimate of drug-likeness (QED) is 0.775. The maximum atomic E-state index is 11.9. The van der Waals surface area contributed by atoms with Crippen molar-refractivity contribution in [3.63, 3.8) is 0 Å². The highest BCUT2D eigenvalue weighted by atomic mass is 16.4. The van der Waals surface area contributed by atoms with E-state index in [1.807, 2.05) is 36.4 Å². The number of hydrogen-bond acceptors (Lipinski definition) is 2. The molecule has 0 aliphatic heterocycles. The Morgan fingerprint density at radius 3 is 2.45 bits per heavy atom. The normalized spacial score (nSPS) is 10.6. The molecule has 1 heterocycles. The molecule has 0 saturated carbocycles. The molecule has 4 heteroatoms. The van der Waals surface area contributed by atoms with Crippen LogP contribution in [0.5, 0.6) is 0 Å². The summed E-state index contributed by atoms with van der Waals surface area (Å²) in [5, 5.41) is 11.1. The summed E-state index contributed by atoms with van der Waals surface area (Å²) in [5.41, 5.74) is 0.472. The summed E-state index contributed by atoms with van der Waals surface area (Å²) >= 11 is 0. The summed E-state index contributed by atoms with van der Waals surface area (Å²) in [4.78, 5) is 22.9. The summed E-state index contributed by atoms with van der Waals surface area (Å²) in [6.45, 7) is 0. The van der Waals surface area contributed by atoms with Crippen LogP contribution in [-0.4, -0.2) is 15.6 Å². The molecular weight excluding hydrogens is 254 g/mol. The minimum absolute atomic E-state index is 0.0813. The van der Waals surface area contributed by atoms with Gasteiger partial charge in [-0.2, -0.15) is 0 Å². The third-order valence-corrected chi connectivity index (χ3v) is 3.17. The summed E-state index contributed by atoms with van der Waals surface area (Å²) in [5.74, 6) is -1.06. The van der Waals surface area contributed by atoms with Crippen molar-refractivity contribution in [2.75, 3.05) is 0 Å². The van der Waals surface area contributed by atoms with E-state index in [4.69, 9.17) is 5.11 Å². The van der Waals surface area contributed by atoms with E-state index in [1.165, 1.54) is 22.9 Å². The first kappa shape index (κ1) is 12.2. The monoisotopic (exact) mass is 265 g/mol. The predicted molar refractivity (Wildman–Crippen MR) is 76.5 cm³/mol. The van der Waals surface area contributed by atoms with E-state index in [1.54, 1.807) is 6.07 Å². The van der Waals surface area contributed by atoms with Crippen LogP contribution in [0, 0.1) is 0 Å². The number of hydrogen-bond donors (Lipinski definition) is 1. The molecule has 0 unspecified atom stereocenters. The Balaban J connectivity index is 2.22. The first-order chi connectivity index (χ1) is 9.65. The minimum atomic E-state index is -1.06. The fourth-order valence-electron chi connectivity index (χ4n) is 2.14. The molecule has 0 aliphatic rings. The van der Waals surface area contributed by atoms with E-state index in [-0.39, 0.29) is 11.1 Å². The molecule has 1 aromatic heterocycles. The van der Waals surface area contributed by atoms with E-state index in [0.717, 1.165) is 10.8 Å². The summed E-state index contributed by atoms with van der Waals surface area (Å²) in [6, 6.07) is 15.9. The average Bonchev–Trinajstić information content (AvgIpc) is 2.47. The van der Waals surface area contributed by atoms with Crippen molar-refractivity contribution in [1.29, 1.82) is 0 Å². The Morgan fingerprint density at radius 1 is 0.950 bits per heavy atom. The summed E-state index contributed by atoms with van der Waals surface area (Å²) in [7, 11) is 0. The molecule has 3 rings (SSSR count). The molecule has 0 saturated heterocycles. The van der Waals surface area contributed by atoms with Gasteiger partial charge < -0.3 is 5.11 Å². The van der Waals surface area contributed by atoms with Gasteiger partial charge in [-0.05, 0) is 29.0 Å². The van der Waals surface area contributed by atoms with Gasteiger partial charge in [0.15, 0.2) is 0 Å². The molecule has 3 aromatic rings. The lowest BCUT2D eigenvalue weighted by atomic mass is 10.1. The third kappa shape index (κ3) is 2.07. The molecule has 0 aliphatic carbocycles. The molecule has 20 heavy (non-hydrogen) atoms. The third-order valence-electron chi connectivity index (χ3n) is 3.17. The highest BCUT2D eigenvalue weighted by Gasteiger charge is 2.07. The lowest BCUT2D eigenvalue weighted by Crippen LogP contribution is -2.18. The largest absolute Gasteiger partial charge is 0.478 e. The van der Waals surface area contributed by atoms with E-state index in [9.17, 15) is 9.59 Å². The number of fused-ring (bicyclic) bond motifs is 1. The van der Waals surface area contributed by atoms with Crippen molar-refractivity contribution < 1.29 is 9.90 Å². The second-order valence-electron chi connectivity index (χ2n) is 4.46. The second-order valence-corrected chi connectivity index (χ2v) is 4.46. The van der Waals surface area contributed by atoms with Crippen LogP contribution in [0.15, 0.2) is 65.6 Å². The zero-order valence-electron chi connectivity index (χ0n) is 10.5. The van der Waals surface area contributed by atoms with Crippen LogP contribution in [0.1, 0.15) is 10.4 Å². The number of carboxylic acid groups (broad SMARTS) is 1. The molecule has 4 nitrogen and oxygen atoms in total. The molecule has 2 aromatic carbocycles. The van der Waals surface area contributed by atoms with Gasteiger partial charge in [-0.25, -0.2) is 4.79 Å². The molecule has 0 amide bonds. The van der Waals surface area contributed by atoms with E-state index in [2.05, 4.69) is 0 Å². The molecule has 0 fully saturated rings. The number of pyridine rings is 1. The van der Waals surface area contributed by atoms with Gasteiger partial charge in [0, 0.05) is 18.0 Å². The summed E-state index contributed by atoms with van der Waals surface area (Å²) < 4.78 is 1.34. The molecule has 98 valence electrons. The number of benzene rings is 2. The Kier molecular flexibility index (Phi) is 2.84. The van der Waals surface area contributed by atoms with Crippen LogP contribution >= 0.6 is 0 Å². The Hall–Kier alpha value is -2.88. The van der Waals surface area contributed by atoms with E-state index in [0.29, 0.717) is 5.69 Å².